The van der Waals surface area contributed by atoms with Gasteiger partial charge in [0.25, 0.3) is 0 Å². The zero-order chi connectivity index (χ0) is 18.4. The molecule has 0 amide bonds. The van der Waals surface area contributed by atoms with E-state index in [0.29, 0.717) is 22.8 Å². The molecule has 27 heavy (non-hydrogen) atoms. The number of furan rings is 1. The first-order chi connectivity index (χ1) is 13.2. The Labute approximate surface area is 167 Å². The zero-order valence-electron chi connectivity index (χ0n) is 15.2. The average molecular weight is 431 g/mol. The second-order valence-electron chi connectivity index (χ2n) is 8.28. The highest BCUT2D eigenvalue weighted by Crippen LogP contribution is 2.42. The van der Waals surface area contributed by atoms with Gasteiger partial charge in [-0.1, -0.05) is 0 Å². The van der Waals surface area contributed by atoms with Crippen molar-refractivity contribution in [2.24, 2.45) is 5.41 Å². The van der Waals surface area contributed by atoms with Crippen LogP contribution in [-0.4, -0.2) is 48.3 Å². The van der Waals surface area contributed by atoms with Crippen LogP contribution in [-0.2, 0) is 4.74 Å². The fourth-order valence-corrected chi connectivity index (χ4v) is 5.41. The van der Waals surface area contributed by atoms with Gasteiger partial charge in [0.2, 0.25) is 5.76 Å². The fraction of sp³-hybridized carbons (Fsp3) is 0.600. The van der Waals surface area contributed by atoms with Gasteiger partial charge in [0.05, 0.1) is 17.3 Å². The molecule has 1 aliphatic carbocycles. The third kappa shape index (κ3) is 3.14. The zero-order valence-corrected chi connectivity index (χ0v) is 16.8. The summed E-state index contributed by atoms with van der Waals surface area (Å²) >= 11 is 3.63. The number of rotatable bonds is 3. The molecule has 1 saturated carbocycles. The Balaban J connectivity index is 1.19. The standard InChI is InChI=1S/C20H23BrN4O2/c21-18-16-7-15(8-22)27-17(16)9-23-19(18)24-13-1-3-14(4-2-13)25-10-20(11-25)5-6-26-12-20/h7,9,13-14H,1-6,10-12H2,(H,23,24). The van der Waals surface area contributed by atoms with Crippen LogP contribution in [0.4, 0.5) is 5.82 Å². The molecule has 2 aromatic rings. The van der Waals surface area contributed by atoms with Gasteiger partial charge in [0.1, 0.15) is 11.9 Å². The lowest BCUT2D eigenvalue weighted by molar-refractivity contribution is -0.0450. The molecule has 0 aromatic carbocycles. The molecule has 0 unspecified atom stereocenters. The molecule has 0 atom stereocenters. The van der Waals surface area contributed by atoms with E-state index >= 15 is 0 Å². The van der Waals surface area contributed by atoms with E-state index < -0.39 is 0 Å². The van der Waals surface area contributed by atoms with Crippen LogP contribution >= 0.6 is 15.9 Å². The topological polar surface area (TPSA) is 74.3 Å². The smallest absolute Gasteiger partial charge is 0.204 e. The van der Waals surface area contributed by atoms with E-state index in [4.69, 9.17) is 14.4 Å². The van der Waals surface area contributed by atoms with E-state index in [1.54, 1.807) is 12.3 Å². The Hall–Kier alpha value is -1.62. The number of fused-ring (bicyclic) bond motifs is 1. The Morgan fingerprint density at radius 3 is 2.81 bits per heavy atom. The van der Waals surface area contributed by atoms with Crippen LogP contribution in [0.25, 0.3) is 11.0 Å². The largest absolute Gasteiger partial charge is 0.444 e. The number of aromatic nitrogens is 1. The summed E-state index contributed by atoms with van der Waals surface area (Å²) in [6.07, 6.45) is 7.72. The van der Waals surface area contributed by atoms with Crippen molar-refractivity contribution in [3.63, 3.8) is 0 Å². The minimum atomic E-state index is 0.310. The van der Waals surface area contributed by atoms with Gasteiger partial charge in [-0.05, 0) is 48.0 Å². The first kappa shape index (κ1) is 17.5. The molecule has 142 valence electrons. The third-order valence-electron chi connectivity index (χ3n) is 6.44. The van der Waals surface area contributed by atoms with E-state index in [1.807, 2.05) is 6.07 Å². The molecule has 0 bridgehead atoms. The van der Waals surface area contributed by atoms with Crippen molar-refractivity contribution in [1.29, 1.82) is 5.26 Å². The molecule has 5 rings (SSSR count). The van der Waals surface area contributed by atoms with Crippen molar-refractivity contribution >= 4 is 32.7 Å². The van der Waals surface area contributed by atoms with Gasteiger partial charge in [-0.3, -0.25) is 4.90 Å². The second kappa shape index (κ2) is 6.77. The number of anilines is 1. The summed E-state index contributed by atoms with van der Waals surface area (Å²) < 4.78 is 11.9. The van der Waals surface area contributed by atoms with Crippen LogP contribution in [0.1, 0.15) is 37.9 Å². The molecule has 2 aliphatic heterocycles. The number of hydrogen-bond donors (Lipinski definition) is 1. The highest BCUT2D eigenvalue weighted by molar-refractivity contribution is 9.10. The van der Waals surface area contributed by atoms with Gasteiger partial charge >= 0.3 is 0 Å². The summed E-state index contributed by atoms with van der Waals surface area (Å²) in [7, 11) is 0. The Kier molecular flexibility index (Phi) is 4.38. The molecule has 6 nitrogen and oxygen atoms in total. The number of halogens is 1. The molecular formula is C20H23BrN4O2. The Morgan fingerprint density at radius 2 is 2.11 bits per heavy atom. The Morgan fingerprint density at radius 1 is 1.30 bits per heavy atom. The molecule has 1 spiro atoms. The Bertz CT molecular complexity index is 883. The van der Waals surface area contributed by atoms with Crippen LogP contribution in [0.3, 0.4) is 0 Å². The molecule has 0 radical (unpaired) electrons. The van der Waals surface area contributed by atoms with E-state index in [-0.39, 0.29) is 0 Å². The summed E-state index contributed by atoms with van der Waals surface area (Å²) in [6.45, 7) is 4.36. The van der Waals surface area contributed by atoms with Gasteiger partial charge in [-0.2, -0.15) is 5.26 Å². The number of likely N-dealkylation sites (tertiary alicyclic amines) is 1. The van der Waals surface area contributed by atoms with Gasteiger partial charge in [-0.25, -0.2) is 4.98 Å². The summed E-state index contributed by atoms with van der Waals surface area (Å²) in [6, 6.07) is 4.96. The minimum absolute atomic E-state index is 0.310. The van der Waals surface area contributed by atoms with Crippen LogP contribution < -0.4 is 5.32 Å². The molecule has 3 aliphatic rings. The highest BCUT2D eigenvalue weighted by atomic mass is 79.9. The maximum absolute atomic E-state index is 9.02. The lowest BCUT2D eigenvalue weighted by atomic mass is 9.76. The van der Waals surface area contributed by atoms with Gasteiger partial charge in [-0.15, -0.1) is 0 Å². The normalized spacial score (nSPS) is 27.6. The predicted molar refractivity (Wildman–Crippen MR) is 106 cm³/mol. The van der Waals surface area contributed by atoms with Crippen molar-refractivity contribution in [2.45, 2.75) is 44.2 Å². The monoisotopic (exact) mass is 430 g/mol. The quantitative estimate of drug-likeness (QED) is 0.795. The minimum Gasteiger partial charge on any atom is -0.444 e. The molecular weight excluding hydrogens is 408 g/mol. The van der Waals surface area contributed by atoms with Crippen molar-refractivity contribution in [3.8, 4) is 6.07 Å². The average Bonchev–Trinajstić information content (AvgIpc) is 3.31. The second-order valence-corrected chi connectivity index (χ2v) is 9.07. The lowest BCUT2D eigenvalue weighted by Gasteiger charge is -2.52. The first-order valence-corrected chi connectivity index (χ1v) is 10.5. The molecule has 2 aromatic heterocycles. The highest BCUT2D eigenvalue weighted by Gasteiger charge is 2.48. The number of hydrogen-bond acceptors (Lipinski definition) is 6. The van der Waals surface area contributed by atoms with Crippen molar-refractivity contribution in [3.05, 3.63) is 22.5 Å². The summed E-state index contributed by atoms with van der Waals surface area (Å²) in [5.41, 5.74) is 1.11. The maximum atomic E-state index is 9.02. The van der Waals surface area contributed by atoms with E-state index in [9.17, 15) is 0 Å². The van der Waals surface area contributed by atoms with Gasteiger partial charge in [0, 0.05) is 48.6 Å². The van der Waals surface area contributed by atoms with Crippen molar-refractivity contribution < 1.29 is 9.15 Å². The van der Waals surface area contributed by atoms with Gasteiger partial charge < -0.3 is 14.5 Å². The van der Waals surface area contributed by atoms with Crippen LogP contribution in [0.2, 0.25) is 0 Å². The molecule has 3 fully saturated rings. The summed E-state index contributed by atoms with van der Waals surface area (Å²) in [5.74, 6) is 1.15. The maximum Gasteiger partial charge on any atom is 0.204 e. The van der Waals surface area contributed by atoms with Crippen LogP contribution in [0.15, 0.2) is 21.2 Å². The SMILES string of the molecule is N#Cc1cc2c(Br)c(NC3CCC(N4CC5(CCOC5)C4)CC3)ncc2o1. The van der Waals surface area contributed by atoms with Gasteiger partial charge in [0.15, 0.2) is 5.58 Å². The fourth-order valence-electron chi connectivity index (χ4n) is 4.89. The third-order valence-corrected chi connectivity index (χ3v) is 7.24. The van der Waals surface area contributed by atoms with E-state index in [2.05, 4.69) is 31.1 Å². The number of nitrogens with one attached hydrogen (secondary N) is 1. The summed E-state index contributed by atoms with van der Waals surface area (Å²) in [4.78, 5) is 7.16. The number of ether oxygens (including phenoxy) is 1. The number of pyridine rings is 1. The molecule has 2 saturated heterocycles. The van der Waals surface area contributed by atoms with Crippen molar-refractivity contribution in [2.75, 3.05) is 31.6 Å². The molecule has 4 heterocycles. The van der Waals surface area contributed by atoms with Crippen LogP contribution in [0.5, 0.6) is 0 Å². The molecule has 1 N–H and O–H groups in total. The number of nitrogens with zero attached hydrogens (tertiary/aromatic N) is 3. The van der Waals surface area contributed by atoms with Crippen molar-refractivity contribution in [1.82, 2.24) is 9.88 Å². The van der Waals surface area contributed by atoms with E-state index in [1.165, 1.54) is 32.4 Å². The first-order valence-electron chi connectivity index (χ1n) is 9.72. The lowest BCUT2D eigenvalue weighted by Crippen LogP contribution is -2.60. The summed E-state index contributed by atoms with van der Waals surface area (Å²) in [5, 5.41) is 13.5. The number of nitriles is 1. The van der Waals surface area contributed by atoms with E-state index in [0.717, 1.165) is 47.8 Å². The predicted octanol–water partition coefficient (Wildman–Crippen LogP) is 3.91. The molecule has 7 heteroatoms. The van der Waals surface area contributed by atoms with Crippen LogP contribution in [0, 0.1) is 16.7 Å².